The molecule has 5 heterocycles. The predicted molar refractivity (Wildman–Crippen MR) is 205 cm³/mol. The van der Waals surface area contributed by atoms with Crippen LogP contribution in [0.2, 0.25) is 0 Å². The van der Waals surface area contributed by atoms with Crippen molar-refractivity contribution in [2.75, 3.05) is 93.2 Å². The third-order valence-electron chi connectivity index (χ3n) is 10.1. The average Bonchev–Trinajstić information content (AvgIpc) is 3.77. The van der Waals surface area contributed by atoms with Gasteiger partial charge in [0.05, 0.1) is 47.7 Å². The summed E-state index contributed by atoms with van der Waals surface area (Å²) in [5, 5.41) is 11.2. The SMILES string of the molecule is COc1cc(N2CCC(N3CCN(C)CC3)CC2)c(-c2cnn(C)c2)cc1Nc1ncc(Br)c(Nc2cc3c(cc2N(C)S(C)(=O)=O)CCO3)n1. The number of sulfonamides is 1. The monoisotopic (exact) mass is 780 g/mol. The van der Waals surface area contributed by atoms with Gasteiger partial charge >= 0.3 is 0 Å². The van der Waals surface area contributed by atoms with Crippen LogP contribution in [0.1, 0.15) is 18.4 Å². The summed E-state index contributed by atoms with van der Waals surface area (Å²) in [5.74, 6) is 2.14. The molecule has 0 radical (unpaired) electrons. The number of aromatic nitrogens is 4. The van der Waals surface area contributed by atoms with Crippen molar-refractivity contribution in [3.63, 3.8) is 0 Å². The maximum absolute atomic E-state index is 12.6. The van der Waals surface area contributed by atoms with Crippen molar-refractivity contribution in [2.45, 2.75) is 25.3 Å². The van der Waals surface area contributed by atoms with Gasteiger partial charge in [-0.2, -0.15) is 10.1 Å². The second-order valence-corrected chi connectivity index (χ2v) is 16.3. The van der Waals surface area contributed by atoms with Crippen molar-refractivity contribution in [2.24, 2.45) is 7.05 Å². The Morgan fingerprint density at radius 2 is 1.76 bits per heavy atom. The van der Waals surface area contributed by atoms with E-state index in [-0.39, 0.29) is 0 Å². The Labute approximate surface area is 307 Å². The number of halogens is 1. The van der Waals surface area contributed by atoms with Gasteiger partial charge < -0.3 is 29.9 Å². The van der Waals surface area contributed by atoms with Gasteiger partial charge in [0, 0.05) is 107 Å². The molecule has 2 N–H and O–H groups in total. The number of hydrogen-bond acceptors (Lipinski definition) is 12. The highest BCUT2D eigenvalue weighted by Gasteiger charge is 2.29. The number of benzene rings is 2. The van der Waals surface area contributed by atoms with Gasteiger partial charge in [0.2, 0.25) is 16.0 Å². The zero-order valence-corrected chi connectivity index (χ0v) is 32.1. The molecule has 14 nitrogen and oxygen atoms in total. The average molecular weight is 782 g/mol. The largest absolute Gasteiger partial charge is 0.494 e. The number of nitrogens with one attached hydrogen (secondary N) is 2. The van der Waals surface area contributed by atoms with E-state index in [0.717, 1.165) is 74.5 Å². The lowest BCUT2D eigenvalue weighted by Crippen LogP contribution is -2.52. The van der Waals surface area contributed by atoms with Gasteiger partial charge in [0.25, 0.3) is 0 Å². The molecule has 0 amide bonds. The lowest BCUT2D eigenvalue weighted by molar-refractivity contribution is 0.0982. The van der Waals surface area contributed by atoms with Crippen LogP contribution in [0.15, 0.2) is 47.3 Å². The Morgan fingerprint density at radius 1 is 1.00 bits per heavy atom. The van der Waals surface area contributed by atoms with Crippen molar-refractivity contribution in [1.29, 1.82) is 0 Å². The number of rotatable bonds is 10. The molecule has 3 aliphatic rings. The van der Waals surface area contributed by atoms with E-state index in [2.05, 4.69) is 70.5 Å². The van der Waals surface area contributed by atoms with Crippen LogP contribution in [-0.2, 0) is 23.5 Å². The van der Waals surface area contributed by atoms with Gasteiger partial charge in [-0.15, -0.1) is 0 Å². The summed E-state index contributed by atoms with van der Waals surface area (Å²) in [7, 11) is 3.79. The van der Waals surface area contributed by atoms with Crippen LogP contribution in [0.5, 0.6) is 11.5 Å². The zero-order valence-electron chi connectivity index (χ0n) is 29.7. The van der Waals surface area contributed by atoms with Crippen LogP contribution in [-0.4, -0.2) is 117 Å². The predicted octanol–water partition coefficient (Wildman–Crippen LogP) is 4.68. The van der Waals surface area contributed by atoms with E-state index in [1.165, 1.54) is 17.6 Å². The molecule has 51 heavy (non-hydrogen) atoms. The molecule has 4 aromatic rings. The first kappa shape index (κ1) is 35.3. The highest BCUT2D eigenvalue weighted by Crippen LogP contribution is 2.42. The Kier molecular flexibility index (Phi) is 10.0. The number of anilines is 6. The quantitative estimate of drug-likeness (QED) is 0.232. The van der Waals surface area contributed by atoms with E-state index >= 15 is 0 Å². The lowest BCUT2D eigenvalue weighted by atomic mass is 9.98. The number of hydrogen-bond donors (Lipinski definition) is 2. The first-order chi connectivity index (χ1) is 24.5. The van der Waals surface area contributed by atoms with Gasteiger partial charge in [-0.05, 0) is 53.5 Å². The number of methoxy groups -OCH3 is 1. The Morgan fingerprint density at radius 3 is 2.45 bits per heavy atom. The number of piperazine rings is 1. The first-order valence-corrected chi connectivity index (χ1v) is 19.8. The minimum atomic E-state index is -3.53. The van der Waals surface area contributed by atoms with E-state index in [1.54, 1.807) is 13.3 Å². The summed E-state index contributed by atoms with van der Waals surface area (Å²) in [6, 6.07) is 8.44. The van der Waals surface area contributed by atoms with Crippen molar-refractivity contribution in [3.05, 3.63) is 52.9 Å². The second-order valence-electron chi connectivity index (χ2n) is 13.5. The zero-order chi connectivity index (χ0) is 35.9. The van der Waals surface area contributed by atoms with E-state index in [0.29, 0.717) is 63.9 Å². The molecule has 2 saturated heterocycles. The molecule has 0 unspecified atom stereocenters. The maximum Gasteiger partial charge on any atom is 0.232 e. The third-order valence-corrected chi connectivity index (χ3v) is 11.9. The van der Waals surface area contributed by atoms with Crippen molar-refractivity contribution in [1.82, 2.24) is 29.5 Å². The molecule has 0 atom stereocenters. The minimum absolute atomic E-state index is 0.326. The van der Waals surface area contributed by atoms with Crippen molar-refractivity contribution >= 4 is 60.5 Å². The van der Waals surface area contributed by atoms with Gasteiger partial charge in [0.15, 0.2) is 0 Å². The summed E-state index contributed by atoms with van der Waals surface area (Å²) in [6.07, 6.45) is 9.67. The molecule has 3 aliphatic heterocycles. The lowest BCUT2D eigenvalue weighted by Gasteiger charge is -2.43. The fraction of sp³-hybridized carbons (Fsp3) is 0.457. The fourth-order valence-electron chi connectivity index (χ4n) is 7.06. The molecule has 7 rings (SSSR count). The molecule has 0 bridgehead atoms. The number of nitrogens with zero attached hydrogens (tertiary/aromatic N) is 8. The Bertz CT molecular complexity index is 2010. The smallest absolute Gasteiger partial charge is 0.232 e. The van der Waals surface area contributed by atoms with E-state index in [1.807, 2.05) is 36.3 Å². The van der Waals surface area contributed by atoms with Crippen LogP contribution >= 0.6 is 15.9 Å². The number of ether oxygens (including phenoxy) is 2. The van der Waals surface area contributed by atoms with E-state index in [4.69, 9.17) is 14.5 Å². The second kappa shape index (κ2) is 14.5. The molecular formula is C35H45BrN10O4S. The van der Waals surface area contributed by atoms with Crippen LogP contribution in [0.25, 0.3) is 11.1 Å². The van der Waals surface area contributed by atoms with E-state index in [9.17, 15) is 8.42 Å². The van der Waals surface area contributed by atoms with Gasteiger partial charge in [0.1, 0.15) is 17.3 Å². The Balaban J connectivity index is 1.18. The number of likely N-dealkylation sites (N-methyl/N-ethyl adjacent to an activating group) is 1. The van der Waals surface area contributed by atoms with Crippen LogP contribution in [0, 0.1) is 0 Å². The standard InChI is InChI=1S/C35H45BrN10O4S/c1-42-11-13-45(14-12-42)25-6-9-46(10-7-25)30-19-33(49-4)29(17-26(30)24-20-38-43(2)22-24)40-35-37-21-27(36)34(41-35)39-28-18-32-23(8-15-50-32)16-31(28)44(3)51(5,47)48/h16-22,25H,6-15H2,1-5H3,(H2,37,39,40,41). The number of aryl methyl sites for hydroxylation is 1. The summed E-state index contributed by atoms with van der Waals surface area (Å²) in [5.41, 5.74) is 5.81. The van der Waals surface area contributed by atoms with Crippen LogP contribution < -0.4 is 29.3 Å². The molecule has 16 heteroatoms. The van der Waals surface area contributed by atoms with Crippen molar-refractivity contribution < 1.29 is 17.9 Å². The first-order valence-electron chi connectivity index (χ1n) is 17.2. The molecule has 0 aliphatic carbocycles. The minimum Gasteiger partial charge on any atom is -0.494 e. The topological polar surface area (TPSA) is 133 Å². The Hall–Kier alpha value is -4.12. The van der Waals surface area contributed by atoms with Crippen LogP contribution in [0.3, 0.4) is 0 Å². The van der Waals surface area contributed by atoms with Crippen LogP contribution in [0.4, 0.5) is 34.5 Å². The summed E-state index contributed by atoms with van der Waals surface area (Å²) in [4.78, 5) is 16.9. The maximum atomic E-state index is 12.6. The molecular weight excluding hydrogens is 736 g/mol. The van der Waals surface area contributed by atoms with E-state index < -0.39 is 10.0 Å². The molecule has 2 aromatic heterocycles. The normalized spacial score (nSPS) is 17.3. The summed E-state index contributed by atoms with van der Waals surface area (Å²) >= 11 is 3.57. The van der Waals surface area contributed by atoms with Gasteiger partial charge in [-0.3, -0.25) is 13.9 Å². The molecule has 0 saturated carbocycles. The summed E-state index contributed by atoms with van der Waals surface area (Å²) in [6.45, 7) is 6.97. The molecule has 2 fully saturated rings. The molecule has 272 valence electrons. The number of piperidine rings is 1. The highest BCUT2D eigenvalue weighted by molar-refractivity contribution is 9.10. The molecule has 0 spiro atoms. The third kappa shape index (κ3) is 7.59. The summed E-state index contributed by atoms with van der Waals surface area (Å²) < 4.78 is 40.6. The van der Waals surface area contributed by atoms with Gasteiger partial charge in [-0.25, -0.2) is 13.4 Å². The van der Waals surface area contributed by atoms with Crippen molar-refractivity contribution in [3.8, 4) is 22.6 Å². The number of fused-ring (bicyclic) bond motifs is 1. The fourth-order valence-corrected chi connectivity index (χ4v) is 7.86. The molecule has 2 aromatic carbocycles. The highest BCUT2D eigenvalue weighted by atomic mass is 79.9. The van der Waals surface area contributed by atoms with Gasteiger partial charge in [-0.1, -0.05) is 0 Å².